The molecule has 0 unspecified atom stereocenters. The Kier molecular flexibility index (Phi) is 4.92. The molecule has 3 rings (SSSR count). The highest BCUT2D eigenvalue weighted by atomic mass is 35.5. The molecule has 1 aliphatic rings. The third-order valence-corrected chi connectivity index (χ3v) is 5.34. The summed E-state index contributed by atoms with van der Waals surface area (Å²) < 4.78 is 5.18. The Hall–Kier alpha value is -1.85. The van der Waals surface area contributed by atoms with Gasteiger partial charge in [-0.05, 0) is 25.3 Å². The maximum atomic E-state index is 12.5. The Morgan fingerprint density at radius 3 is 2.67 bits per heavy atom. The fourth-order valence-corrected chi connectivity index (χ4v) is 3.81. The van der Waals surface area contributed by atoms with E-state index >= 15 is 0 Å². The predicted octanol–water partition coefficient (Wildman–Crippen LogP) is 4.84. The average molecular weight is 364 g/mol. The summed E-state index contributed by atoms with van der Waals surface area (Å²) in [4.78, 5) is 24.7. The van der Waals surface area contributed by atoms with Gasteiger partial charge < -0.3 is 10.1 Å². The van der Waals surface area contributed by atoms with Crippen molar-refractivity contribution in [3.63, 3.8) is 0 Å². The highest BCUT2D eigenvalue weighted by Gasteiger charge is 2.39. The van der Waals surface area contributed by atoms with Crippen LogP contribution in [0, 0.1) is 11.8 Å². The first kappa shape index (κ1) is 17.0. The van der Waals surface area contributed by atoms with Crippen LogP contribution < -0.4 is 5.32 Å². The van der Waals surface area contributed by atoms with Crippen LogP contribution in [-0.2, 0) is 9.53 Å². The van der Waals surface area contributed by atoms with Crippen LogP contribution in [0.15, 0.2) is 29.6 Å². The summed E-state index contributed by atoms with van der Waals surface area (Å²) in [6.45, 7) is 4.06. The maximum Gasteiger partial charge on any atom is 0.341 e. The quantitative estimate of drug-likeness (QED) is 0.773. The third kappa shape index (κ3) is 3.32. The standard InChI is InChI=1S/C18H18ClNO3S/c1-3-23-18(22)15-13(11-6-4-5-7-14(11)19)9-24-17(15)20-16(21)12-8-10(12)2/h4-7,9-10,12H,3,8H2,1-2H3,(H,20,21)/t10-,12-/m0/s1. The van der Waals surface area contributed by atoms with E-state index in [1.54, 1.807) is 13.0 Å². The average Bonchev–Trinajstić information content (AvgIpc) is 3.14. The summed E-state index contributed by atoms with van der Waals surface area (Å²) in [5.74, 6) is -0.0571. The molecule has 126 valence electrons. The molecule has 2 aromatic rings. The molecule has 1 aliphatic carbocycles. The largest absolute Gasteiger partial charge is 0.462 e. The van der Waals surface area contributed by atoms with Gasteiger partial charge >= 0.3 is 5.97 Å². The number of esters is 1. The molecule has 1 aromatic heterocycles. The van der Waals surface area contributed by atoms with Gasteiger partial charge in [-0.25, -0.2) is 4.79 Å². The molecular formula is C18H18ClNO3S. The first-order valence-corrected chi connectivity index (χ1v) is 9.13. The monoisotopic (exact) mass is 363 g/mol. The van der Waals surface area contributed by atoms with E-state index in [0.29, 0.717) is 27.1 Å². The van der Waals surface area contributed by atoms with Crippen molar-refractivity contribution >= 4 is 39.8 Å². The molecule has 2 atom stereocenters. The number of halogens is 1. The van der Waals surface area contributed by atoms with E-state index in [0.717, 1.165) is 12.0 Å². The predicted molar refractivity (Wildman–Crippen MR) is 96.6 cm³/mol. The minimum Gasteiger partial charge on any atom is -0.462 e. The number of ether oxygens (including phenoxy) is 1. The Bertz CT molecular complexity index is 786. The van der Waals surface area contributed by atoms with Crippen LogP contribution >= 0.6 is 22.9 Å². The second kappa shape index (κ2) is 6.95. The fraction of sp³-hybridized carbons (Fsp3) is 0.333. The fourth-order valence-electron chi connectivity index (χ4n) is 2.63. The lowest BCUT2D eigenvalue weighted by Crippen LogP contribution is -2.16. The highest BCUT2D eigenvalue weighted by molar-refractivity contribution is 7.15. The van der Waals surface area contributed by atoms with Crippen LogP contribution in [0.2, 0.25) is 5.02 Å². The molecule has 1 N–H and O–H groups in total. The van der Waals surface area contributed by atoms with E-state index in [9.17, 15) is 9.59 Å². The van der Waals surface area contributed by atoms with E-state index < -0.39 is 5.97 Å². The molecule has 0 radical (unpaired) electrons. The highest BCUT2D eigenvalue weighted by Crippen LogP contribution is 2.42. The van der Waals surface area contributed by atoms with Crippen LogP contribution in [-0.4, -0.2) is 18.5 Å². The summed E-state index contributed by atoms with van der Waals surface area (Å²) in [6, 6.07) is 7.31. The molecule has 24 heavy (non-hydrogen) atoms. The van der Waals surface area contributed by atoms with Crippen molar-refractivity contribution in [1.29, 1.82) is 0 Å². The van der Waals surface area contributed by atoms with Crippen molar-refractivity contribution in [3.05, 3.63) is 40.2 Å². The van der Waals surface area contributed by atoms with Crippen molar-refractivity contribution in [2.75, 3.05) is 11.9 Å². The molecule has 1 aromatic carbocycles. The molecule has 0 aliphatic heterocycles. The number of hydrogen-bond donors (Lipinski definition) is 1. The maximum absolute atomic E-state index is 12.5. The lowest BCUT2D eigenvalue weighted by atomic mass is 10.0. The van der Waals surface area contributed by atoms with Crippen molar-refractivity contribution in [2.45, 2.75) is 20.3 Å². The molecule has 1 fully saturated rings. The number of rotatable bonds is 5. The van der Waals surface area contributed by atoms with Crippen molar-refractivity contribution in [1.82, 2.24) is 0 Å². The second-order valence-corrected chi connectivity index (χ2v) is 7.15. The number of thiophene rings is 1. The second-order valence-electron chi connectivity index (χ2n) is 5.86. The van der Waals surface area contributed by atoms with Gasteiger partial charge in [0.25, 0.3) is 0 Å². The molecular weight excluding hydrogens is 346 g/mol. The van der Waals surface area contributed by atoms with Crippen LogP contribution in [0.1, 0.15) is 30.6 Å². The van der Waals surface area contributed by atoms with Crippen molar-refractivity contribution < 1.29 is 14.3 Å². The summed E-state index contributed by atoms with van der Waals surface area (Å²) in [6.07, 6.45) is 0.892. The number of nitrogens with one attached hydrogen (secondary N) is 1. The number of carbonyl (C=O) groups is 2. The Balaban J connectivity index is 1.99. The molecule has 0 saturated heterocycles. The smallest absolute Gasteiger partial charge is 0.341 e. The molecule has 6 heteroatoms. The number of hydrogen-bond acceptors (Lipinski definition) is 4. The van der Waals surface area contributed by atoms with Gasteiger partial charge in [-0.1, -0.05) is 36.7 Å². The first-order valence-electron chi connectivity index (χ1n) is 7.87. The summed E-state index contributed by atoms with van der Waals surface area (Å²) in [5.41, 5.74) is 1.80. The van der Waals surface area contributed by atoms with Gasteiger partial charge in [0, 0.05) is 27.4 Å². The van der Waals surface area contributed by atoms with Gasteiger partial charge in [0.1, 0.15) is 10.6 Å². The van der Waals surface area contributed by atoms with Crippen LogP contribution in [0.3, 0.4) is 0 Å². The topological polar surface area (TPSA) is 55.4 Å². The summed E-state index contributed by atoms with van der Waals surface area (Å²) in [5, 5.41) is 5.79. The van der Waals surface area contributed by atoms with E-state index in [4.69, 9.17) is 16.3 Å². The van der Waals surface area contributed by atoms with Crippen LogP contribution in [0.5, 0.6) is 0 Å². The molecule has 1 amide bonds. The Labute approximate surface area is 149 Å². The zero-order valence-electron chi connectivity index (χ0n) is 13.5. The Morgan fingerprint density at radius 2 is 2.04 bits per heavy atom. The van der Waals surface area contributed by atoms with Gasteiger partial charge in [-0.15, -0.1) is 11.3 Å². The lowest BCUT2D eigenvalue weighted by Gasteiger charge is -2.09. The zero-order chi connectivity index (χ0) is 17.3. The van der Waals surface area contributed by atoms with Gasteiger partial charge in [-0.3, -0.25) is 4.79 Å². The van der Waals surface area contributed by atoms with E-state index in [1.807, 2.05) is 30.5 Å². The SMILES string of the molecule is CCOC(=O)c1c(-c2ccccc2Cl)csc1NC(=O)[C@H]1C[C@@H]1C. The minimum absolute atomic E-state index is 0.0332. The number of amides is 1. The van der Waals surface area contributed by atoms with Crippen molar-refractivity contribution in [3.8, 4) is 11.1 Å². The van der Waals surface area contributed by atoms with Crippen molar-refractivity contribution in [2.24, 2.45) is 11.8 Å². The number of benzene rings is 1. The molecule has 4 nitrogen and oxygen atoms in total. The molecule has 1 heterocycles. The van der Waals surface area contributed by atoms with Crippen LogP contribution in [0.25, 0.3) is 11.1 Å². The van der Waals surface area contributed by atoms with Gasteiger partial charge in [0.2, 0.25) is 5.91 Å². The normalized spacial score (nSPS) is 19.0. The van der Waals surface area contributed by atoms with E-state index in [1.165, 1.54) is 11.3 Å². The number of carbonyl (C=O) groups excluding carboxylic acids is 2. The lowest BCUT2D eigenvalue weighted by molar-refractivity contribution is -0.117. The number of anilines is 1. The summed E-state index contributed by atoms with van der Waals surface area (Å²) in [7, 11) is 0. The Morgan fingerprint density at radius 1 is 1.33 bits per heavy atom. The van der Waals surface area contributed by atoms with Gasteiger partial charge in [0.05, 0.1) is 6.61 Å². The van der Waals surface area contributed by atoms with Crippen LogP contribution in [0.4, 0.5) is 5.00 Å². The third-order valence-electron chi connectivity index (χ3n) is 4.12. The van der Waals surface area contributed by atoms with E-state index in [2.05, 4.69) is 5.32 Å². The zero-order valence-corrected chi connectivity index (χ0v) is 15.0. The molecule has 0 spiro atoms. The first-order chi connectivity index (χ1) is 11.5. The van der Waals surface area contributed by atoms with Gasteiger partial charge in [-0.2, -0.15) is 0 Å². The van der Waals surface area contributed by atoms with E-state index in [-0.39, 0.29) is 18.4 Å². The molecule has 0 bridgehead atoms. The molecule has 1 saturated carbocycles. The summed E-state index contributed by atoms with van der Waals surface area (Å²) >= 11 is 7.59. The minimum atomic E-state index is -0.451. The van der Waals surface area contributed by atoms with Gasteiger partial charge in [0.15, 0.2) is 0 Å².